The van der Waals surface area contributed by atoms with Crippen LogP contribution in [0.1, 0.15) is 74.9 Å². The number of benzene rings is 8. The van der Waals surface area contributed by atoms with E-state index in [1.807, 2.05) is 30.3 Å². The molecule has 0 aliphatic heterocycles. The van der Waals surface area contributed by atoms with Crippen LogP contribution in [-0.4, -0.2) is 3.26 Å². The number of hydrogen-bond donors (Lipinski definition) is 0. The molecule has 3 heteroatoms. The van der Waals surface area contributed by atoms with Gasteiger partial charge in [0.15, 0.2) is 0 Å². The van der Waals surface area contributed by atoms with Crippen molar-refractivity contribution in [1.82, 2.24) is 0 Å². The number of rotatable bonds is 4. The Morgan fingerprint density at radius 3 is 1.45 bits per heavy atom. The van der Waals surface area contributed by atoms with Crippen molar-refractivity contribution < 1.29 is 48.7 Å². The number of hydrogen-bond acceptors (Lipinski definition) is 0. The Bertz CT molecular complexity index is 2700. The molecule has 0 radical (unpaired) electrons. The van der Waals surface area contributed by atoms with Gasteiger partial charge in [0.1, 0.15) is 0 Å². The third-order valence-corrected chi connectivity index (χ3v) is 13.4. The minimum absolute atomic E-state index is 0. The van der Waals surface area contributed by atoms with Crippen molar-refractivity contribution in [2.75, 3.05) is 0 Å². The molecule has 62 heavy (non-hydrogen) atoms. The third kappa shape index (κ3) is 10.1. The Labute approximate surface area is 396 Å². The first-order chi connectivity index (χ1) is 29.0. The maximum absolute atomic E-state index is 3.88. The molecule has 1 aliphatic rings. The summed E-state index contributed by atoms with van der Waals surface area (Å²) in [4.78, 5) is 0. The molecular formula is C59H52Cl2Hf-2. The summed E-state index contributed by atoms with van der Waals surface area (Å²) in [6, 6.07) is 73.4. The summed E-state index contributed by atoms with van der Waals surface area (Å²) in [7, 11) is 0. The standard InChI is InChI=1S/C33H33.C21H14.C5H5.2ClH.Hf/c1-32(2,3)30-20-26-24(18-28(30)22-13-9-7-10-14-22)17-25-19-29(23-15-11-8-12-16-23)31(21-27(25)26)33(4,5)6;1-3-13-20-16(7-1)9-5-11-18(20)15-19-12-6-10-17-8-2-4-14-21(17)19;1-2-4-5-3-1;;;/h7-16,18,20-21H,17H2,1-6H3;1-14H;1-5H;2*1H;/q-1;;-1;;;+2/p-2. The van der Waals surface area contributed by atoms with E-state index in [1.54, 1.807) is 0 Å². The first kappa shape index (κ1) is 46.5. The molecule has 0 atom stereocenters. The van der Waals surface area contributed by atoms with Crippen LogP contribution in [0.5, 0.6) is 0 Å². The van der Waals surface area contributed by atoms with Crippen molar-refractivity contribution in [2.45, 2.75) is 58.8 Å². The largest absolute Gasteiger partial charge is 0.214 e. The molecule has 0 N–H and O–H groups in total. The molecule has 0 heterocycles. The maximum Gasteiger partial charge on any atom is -0.172 e. The van der Waals surface area contributed by atoms with Crippen molar-refractivity contribution in [3.8, 4) is 33.4 Å². The van der Waals surface area contributed by atoms with E-state index in [0.717, 1.165) is 30.3 Å². The smallest absolute Gasteiger partial charge is 0.172 e. The van der Waals surface area contributed by atoms with Crippen molar-refractivity contribution >= 4 is 24.8 Å². The first-order valence-corrected chi connectivity index (χ1v) is 22.9. The van der Waals surface area contributed by atoms with Crippen molar-refractivity contribution in [1.29, 1.82) is 0 Å². The molecule has 0 saturated heterocycles. The Morgan fingerprint density at radius 2 is 0.952 bits per heavy atom. The van der Waals surface area contributed by atoms with Crippen LogP contribution in [0.2, 0.25) is 0 Å². The molecule has 9 aromatic rings. The van der Waals surface area contributed by atoms with Gasteiger partial charge >= 0.3 is 145 Å². The average molecular weight is 1010 g/mol. The van der Waals surface area contributed by atoms with Gasteiger partial charge in [0.05, 0.1) is 0 Å². The molecule has 0 spiro atoms. The molecule has 0 bridgehead atoms. The predicted molar refractivity (Wildman–Crippen MR) is 255 cm³/mol. The fourth-order valence-corrected chi connectivity index (χ4v) is 10.0. The molecule has 0 unspecified atom stereocenters. The second kappa shape index (κ2) is 20.0. The number of halogens is 2. The molecule has 0 amide bonds. The molecule has 0 saturated carbocycles. The van der Waals surface area contributed by atoms with Gasteiger partial charge in [-0.05, 0) is 39.5 Å². The van der Waals surface area contributed by atoms with Gasteiger partial charge in [-0.3, -0.25) is 0 Å². The molecular weight excluding hydrogens is 958 g/mol. The van der Waals surface area contributed by atoms with Crippen LogP contribution in [0.15, 0.2) is 194 Å². The van der Waals surface area contributed by atoms with E-state index in [1.165, 1.54) is 91.6 Å². The predicted octanol–water partition coefficient (Wildman–Crippen LogP) is 9.51. The van der Waals surface area contributed by atoms with Crippen LogP contribution in [0.4, 0.5) is 0 Å². The van der Waals surface area contributed by atoms with Crippen LogP contribution >= 0.6 is 0 Å². The van der Waals surface area contributed by atoms with E-state index in [4.69, 9.17) is 0 Å². The second-order valence-corrected chi connectivity index (χ2v) is 19.6. The molecule has 9 aromatic carbocycles. The SMILES string of the molecule is CC(C)(C)c1cc2c([c-]c1-c1ccccc1)Cc1cc(-c3ccccc3)c(C(C)(C)C)cc1-2.[Cl-].[Cl-].[Hf+2]=[C](c1cccc2ccccc12)c1cccc2ccccc12.c1cc[cH-]c1. The average Bonchev–Trinajstić information content (AvgIpc) is 3.97. The summed E-state index contributed by atoms with van der Waals surface area (Å²) in [5.41, 5.74) is 16.3. The van der Waals surface area contributed by atoms with Crippen LogP contribution in [0.25, 0.3) is 54.9 Å². The Kier molecular flexibility index (Phi) is 15.0. The van der Waals surface area contributed by atoms with Gasteiger partial charge in [0, 0.05) is 0 Å². The summed E-state index contributed by atoms with van der Waals surface area (Å²) in [6.45, 7) is 13.9. The van der Waals surface area contributed by atoms with E-state index in [-0.39, 0.29) is 35.6 Å². The van der Waals surface area contributed by atoms with Crippen molar-refractivity contribution in [3.63, 3.8) is 0 Å². The summed E-state index contributed by atoms with van der Waals surface area (Å²) in [5, 5.41) is 5.33. The Balaban J connectivity index is 0.000000190. The Hall–Kier alpha value is -5.05. The van der Waals surface area contributed by atoms with Crippen molar-refractivity contribution in [2.24, 2.45) is 0 Å². The molecule has 1 aliphatic carbocycles. The van der Waals surface area contributed by atoms with Crippen LogP contribution in [-0.2, 0) is 41.1 Å². The quantitative estimate of drug-likeness (QED) is 0.122. The molecule has 0 nitrogen and oxygen atoms in total. The minimum atomic E-state index is 0. The Morgan fingerprint density at radius 1 is 0.484 bits per heavy atom. The van der Waals surface area contributed by atoms with Gasteiger partial charge in [-0.2, -0.15) is 18.2 Å². The molecule has 0 fully saturated rings. The van der Waals surface area contributed by atoms with E-state index in [9.17, 15) is 0 Å². The van der Waals surface area contributed by atoms with Gasteiger partial charge in [-0.15, -0.1) is 28.8 Å². The van der Waals surface area contributed by atoms with Gasteiger partial charge < -0.3 is 24.8 Å². The monoisotopic (exact) mass is 1010 g/mol. The van der Waals surface area contributed by atoms with Gasteiger partial charge in [-0.25, -0.2) is 12.1 Å². The van der Waals surface area contributed by atoms with Crippen molar-refractivity contribution in [3.05, 3.63) is 234 Å². The van der Waals surface area contributed by atoms with Crippen LogP contribution in [0, 0.1) is 6.07 Å². The normalized spacial score (nSPS) is 11.5. The van der Waals surface area contributed by atoms with Gasteiger partial charge in [0.2, 0.25) is 0 Å². The zero-order valence-electron chi connectivity index (χ0n) is 36.4. The zero-order valence-corrected chi connectivity index (χ0v) is 41.5. The summed E-state index contributed by atoms with van der Waals surface area (Å²) in [5.74, 6) is 0. The number of fused-ring (bicyclic) bond motifs is 5. The van der Waals surface area contributed by atoms with E-state index in [0.29, 0.717) is 0 Å². The third-order valence-electron chi connectivity index (χ3n) is 11.5. The zero-order chi connectivity index (χ0) is 41.9. The van der Waals surface area contributed by atoms with E-state index in [2.05, 4.69) is 211 Å². The van der Waals surface area contributed by atoms with E-state index >= 15 is 0 Å². The summed E-state index contributed by atoms with van der Waals surface area (Å²) < 4.78 is 1.47. The fraction of sp³-hybridized carbons (Fsp3) is 0.153. The maximum atomic E-state index is 3.88. The summed E-state index contributed by atoms with van der Waals surface area (Å²) >= 11 is 1.02. The van der Waals surface area contributed by atoms with Crippen LogP contribution in [0.3, 0.4) is 0 Å². The van der Waals surface area contributed by atoms with Crippen LogP contribution < -0.4 is 24.8 Å². The molecule has 0 aromatic heterocycles. The van der Waals surface area contributed by atoms with Gasteiger partial charge in [-0.1, -0.05) is 131 Å². The molecule has 10 rings (SSSR count). The minimum Gasteiger partial charge on any atom is -0.214 e. The molecule has 308 valence electrons. The van der Waals surface area contributed by atoms with E-state index < -0.39 is 0 Å². The summed E-state index contributed by atoms with van der Waals surface area (Å²) in [6.07, 6.45) is 0.944. The second-order valence-electron chi connectivity index (χ2n) is 17.8. The fourth-order valence-electron chi connectivity index (χ4n) is 8.45. The first-order valence-electron chi connectivity index (χ1n) is 21.1. The topological polar surface area (TPSA) is 0 Å². The van der Waals surface area contributed by atoms with Gasteiger partial charge in [0.25, 0.3) is 0 Å².